The van der Waals surface area contributed by atoms with E-state index in [1.54, 1.807) is 7.11 Å². The third-order valence-corrected chi connectivity index (χ3v) is 7.33. The Morgan fingerprint density at radius 3 is 1.48 bits per heavy atom. The maximum Gasteiger partial charge on any atom is 0.123 e. The van der Waals surface area contributed by atoms with Gasteiger partial charge >= 0.3 is 0 Å². The lowest BCUT2D eigenvalue weighted by Crippen LogP contribution is -2.09. The smallest absolute Gasteiger partial charge is 0.123 e. The van der Waals surface area contributed by atoms with Crippen LogP contribution in [0.1, 0.15) is 38.9 Å². The van der Waals surface area contributed by atoms with Crippen LogP contribution < -0.4 is 4.74 Å². The van der Waals surface area contributed by atoms with Crippen LogP contribution in [0.15, 0.2) is 24.3 Å². The molecule has 0 fully saturated rings. The molecule has 2 aromatic rings. The second-order valence-electron chi connectivity index (χ2n) is 6.75. The third kappa shape index (κ3) is 4.04. The lowest BCUT2D eigenvalue weighted by Gasteiger charge is -2.17. The van der Waals surface area contributed by atoms with E-state index in [1.165, 1.54) is 0 Å². The summed E-state index contributed by atoms with van der Waals surface area (Å²) in [6.07, 6.45) is 0. The molecule has 0 aromatic heterocycles. The number of aryl methyl sites for hydroxylation is 3. The number of benzene rings is 2. The molecule has 4 heterocycles. The van der Waals surface area contributed by atoms with Crippen LogP contribution in [-0.4, -0.2) is 15.5 Å². The second-order valence-corrected chi connectivity index (χ2v) is 9.67. The molecular formula is C20H24O3S2. The van der Waals surface area contributed by atoms with E-state index >= 15 is 0 Å². The van der Waals surface area contributed by atoms with Crippen LogP contribution >= 0.6 is 0 Å². The molecule has 4 aliphatic heterocycles. The molecule has 2 aromatic carbocycles. The van der Waals surface area contributed by atoms with Crippen molar-refractivity contribution in [3.63, 3.8) is 0 Å². The molecule has 0 amide bonds. The fraction of sp³-hybridized carbons (Fsp3) is 0.400. The molecule has 4 bridgehead atoms. The monoisotopic (exact) mass is 376 g/mol. The van der Waals surface area contributed by atoms with Crippen LogP contribution in [0.3, 0.4) is 0 Å². The summed E-state index contributed by atoms with van der Waals surface area (Å²) in [6, 6.07) is 8.22. The molecule has 0 saturated heterocycles. The van der Waals surface area contributed by atoms with E-state index in [2.05, 4.69) is 12.1 Å². The van der Waals surface area contributed by atoms with E-state index in [0.717, 1.165) is 44.7 Å². The van der Waals surface area contributed by atoms with Gasteiger partial charge in [-0.05, 0) is 60.2 Å². The van der Waals surface area contributed by atoms with Gasteiger partial charge in [-0.2, -0.15) is 0 Å². The minimum absolute atomic E-state index is 0.466. The maximum atomic E-state index is 12.7. The molecule has 6 rings (SSSR count). The molecule has 0 radical (unpaired) electrons. The number of hydrogen-bond acceptors (Lipinski definition) is 3. The van der Waals surface area contributed by atoms with Gasteiger partial charge in [0, 0.05) is 44.4 Å². The summed E-state index contributed by atoms with van der Waals surface area (Å²) in [4.78, 5) is 0. The van der Waals surface area contributed by atoms with Crippen LogP contribution in [0.5, 0.6) is 5.75 Å². The van der Waals surface area contributed by atoms with Gasteiger partial charge in [0.2, 0.25) is 0 Å². The summed E-state index contributed by atoms with van der Waals surface area (Å²) in [6.45, 7) is 6.11. The summed E-state index contributed by atoms with van der Waals surface area (Å²) in [5.74, 6) is 2.78. The Morgan fingerprint density at radius 2 is 1.04 bits per heavy atom. The Hall–Kier alpha value is -1.46. The van der Waals surface area contributed by atoms with Crippen molar-refractivity contribution >= 4 is 21.6 Å². The third-order valence-electron chi connectivity index (χ3n) is 4.80. The zero-order chi connectivity index (χ0) is 18.1. The normalized spacial score (nSPS) is 20.5. The van der Waals surface area contributed by atoms with Gasteiger partial charge in [0.25, 0.3) is 0 Å². The first-order valence-electron chi connectivity index (χ1n) is 8.32. The van der Waals surface area contributed by atoms with E-state index in [4.69, 9.17) is 4.74 Å². The van der Waals surface area contributed by atoms with E-state index in [9.17, 15) is 8.42 Å². The predicted molar refractivity (Wildman–Crippen MR) is 105 cm³/mol. The summed E-state index contributed by atoms with van der Waals surface area (Å²) in [7, 11) is -0.354. The van der Waals surface area contributed by atoms with Crippen molar-refractivity contribution in [2.24, 2.45) is 0 Å². The van der Waals surface area contributed by atoms with Crippen molar-refractivity contribution in [1.29, 1.82) is 0 Å². The molecule has 4 aliphatic rings. The van der Waals surface area contributed by atoms with Gasteiger partial charge < -0.3 is 4.74 Å². The Balaban J connectivity index is 2.11. The van der Waals surface area contributed by atoms with Gasteiger partial charge in [-0.1, -0.05) is 18.2 Å². The standard InChI is InChI=1S/C20H24O3S2/c1-13-6-17-10-25(22)12-19-7-15(3)18(8-20(19)23-4)11-24(21)9-16(13)5-14(17)2/h5-8H,9-12H2,1-4H3. The predicted octanol–water partition coefficient (Wildman–Crippen LogP) is 3.83. The Labute approximate surface area is 154 Å². The van der Waals surface area contributed by atoms with Crippen LogP contribution in [0, 0.1) is 20.8 Å². The molecule has 134 valence electrons. The molecule has 3 nitrogen and oxygen atoms in total. The van der Waals surface area contributed by atoms with Crippen molar-refractivity contribution in [1.82, 2.24) is 0 Å². The highest BCUT2D eigenvalue weighted by Crippen LogP contribution is 2.28. The van der Waals surface area contributed by atoms with Crippen LogP contribution in [-0.2, 0) is 44.6 Å². The highest BCUT2D eigenvalue weighted by Gasteiger charge is 2.17. The Kier molecular flexibility index (Phi) is 5.44. The van der Waals surface area contributed by atoms with Crippen LogP contribution in [0.2, 0.25) is 0 Å². The van der Waals surface area contributed by atoms with Gasteiger partial charge in [-0.15, -0.1) is 0 Å². The minimum atomic E-state index is -1.00. The van der Waals surface area contributed by atoms with Gasteiger partial charge in [0.15, 0.2) is 0 Å². The number of hydrogen-bond donors (Lipinski definition) is 0. The van der Waals surface area contributed by atoms with E-state index in [1.807, 2.05) is 32.9 Å². The highest BCUT2D eigenvalue weighted by atomic mass is 32.2. The second kappa shape index (κ2) is 7.42. The Morgan fingerprint density at radius 1 is 0.680 bits per heavy atom. The summed E-state index contributed by atoms with van der Waals surface area (Å²) in [5.41, 5.74) is 7.55. The molecular weight excluding hydrogens is 352 g/mol. The minimum Gasteiger partial charge on any atom is -0.496 e. The average molecular weight is 377 g/mol. The van der Waals surface area contributed by atoms with E-state index in [0.29, 0.717) is 23.0 Å². The lowest BCUT2D eigenvalue weighted by atomic mass is 10.0. The molecule has 0 saturated carbocycles. The fourth-order valence-electron chi connectivity index (χ4n) is 3.29. The van der Waals surface area contributed by atoms with Gasteiger partial charge in [0.1, 0.15) is 5.75 Å². The first-order valence-corrected chi connectivity index (χ1v) is 11.3. The lowest BCUT2D eigenvalue weighted by molar-refractivity contribution is 0.410. The van der Waals surface area contributed by atoms with Gasteiger partial charge in [-0.25, -0.2) is 0 Å². The molecule has 5 heteroatoms. The van der Waals surface area contributed by atoms with Gasteiger partial charge in [0.05, 0.1) is 12.9 Å². The molecule has 2 unspecified atom stereocenters. The molecule has 0 N–H and O–H groups in total. The van der Waals surface area contributed by atoms with Crippen molar-refractivity contribution in [2.45, 2.75) is 43.8 Å². The molecule has 0 spiro atoms. The first-order chi connectivity index (χ1) is 11.9. The van der Waals surface area contributed by atoms with E-state index < -0.39 is 21.6 Å². The van der Waals surface area contributed by atoms with Gasteiger partial charge in [-0.3, -0.25) is 8.42 Å². The van der Waals surface area contributed by atoms with Crippen molar-refractivity contribution in [3.8, 4) is 5.75 Å². The average Bonchev–Trinajstić information content (AvgIpc) is 2.54. The highest BCUT2D eigenvalue weighted by molar-refractivity contribution is 7.83. The van der Waals surface area contributed by atoms with Crippen LogP contribution in [0.4, 0.5) is 0 Å². The Bertz CT molecular complexity index is 872. The van der Waals surface area contributed by atoms with Crippen molar-refractivity contribution < 1.29 is 13.2 Å². The van der Waals surface area contributed by atoms with Crippen LogP contribution in [0.25, 0.3) is 0 Å². The van der Waals surface area contributed by atoms with E-state index in [-0.39, 0.29) is 0 Å². The zero-order valence-electron chi connectivity index (χ0n) is 15.2. The van der Waals surface area contributed by atoms with Crippen molar-refractivity contribution in [2.75, 3.05) is 7.11 Å². The first kappa shape index (κ1) is 18.3. The number of rotatable bonds is 1. The zero-order valence-corrected chi connectivity index (χ0v) is 16.8. The molecule has 25 heavy (non-hydrogen) atoms. The molecule has 0 aliphatic carbocycles. The topological polar surface area (TPSA) is 43.4 Å². The SMILES string of the molecule is COc1cc2c(C)cc1CS(=O)Cc1cc(C)c(cc1C)CS(=O)C2. The summed E-state index contributed by atoms with van der Waals surface area (Å²) < 4.78 is 31.0. The quantitative estimate of drug-likeness (QED) is 0.760. The molecule has 2 atom stereocenters. The van der Waals surface area contributed by atoms with Crippen molar-refractivity contribution in [3.05, 3.63) is 63.2 Å². The number of methoxy groups -OCH3 is 1. The fourth-order valence-corrected chi connectivity index (χ4v) is 6.04. The largest absolute Gasteiger partial charge is 0.496 e. The number of ether oxygens (including phenoxy) is 1. The summed E-state index contributed by atoms with van der Waals surface area (Å²) in [5, 5.41) is 0. The maximum absolute atomic E-state index is 12.7. The summed E-state index contributed by atoms with van der Waals surface area (Å²) >= 11 is 0.